The van der Waals surface area contributed by atoms with Gasteiger partial charge in [-0.05, 0) is 28.5 Å². The highest BCUT2D eigenvalue weighted by Crippen LogP contribution is 2.30. The fraction of sp³-hybridized carbons (Fsp3) is 0.600. The lowest BCUT2D eigenvalue weighted by Crippen LogP contribution is -2.34. The maximum Gasteiger partial charge on any atom is 0.0558 e. The SMILES string of the molecule is CC(C)c1ccc2c(c1)CN(CCO)CC2C. The number of aliphatic hydroxyl groups is 1. The summed E-state index contributed by atoms with van der Waals surface area (Å²) in [4.78, 5) is 2.34. The average molecular weight is 233 g/mol. The van der Waals surface area contributed by atoms with Crippen LogP contribution >= 0.6 is 0 Å². The Morgan fingerprint density at radius 2 is 2.18 bits per heavy atom. The molecule has 2 rings (SSSR count). The summed E-state index contributed by atoms with van der Waals surface area (Å²) in [6.07, 6.45) is 0. The third-order valence-electron chi connectivity index (χ3n) is 3.71. The molecule has 0 saturated carbocycles. The summed E-state index contributed by atoms with van der Waals surface area (Å²) in [5, 5.41) is 9.05. The molecule has 1 aliphatic rings. The van der Waals surface area contributed by atoms with E-state index in [0.29, 0.717) is 11.8 Å². The Bertz CT molecular complexity index is 387. The summed E-state index contributed by atoms with van der Waals surface area (Å²) >= 11 is 0. The quantitative estimate of drug-likeness (QED) is 0.867. The van der Waals surface area contributed by atoms with Gasteiger partial charge in [-0.1, -0.05) is 39.0 Å². The van der Waals surface area contributed by atoms with Gasteiger partial charge in [0.1, 0.15) is 0 Å². The third kappa shape index (κ3) is 2.70. The van der Waals surface area contributed by atoms with E-state index in [0.717, 1.165) is 19.6 Å². The predicted molar refractivity (Wildman–Crippen MR) is 71.3 cm³/mol. The minimum absolute atomic E-state index is 0.256. The van der Waals surface area contributed by atoms with Gasteiger partial charge in [-0.3, -0.25) is 4.90 Å². The number of aliphatic hydroxyl groups excluding tert-OH is 1. The molecule has 0 fully saturated rings. The molecule has 1 unspecified atom stereocenters. The first-order valence-corrected chi connectivity index (χ1v) is 6.57. The van der Waals surface area contributed by atoms with Gasteiger partial charge in [0.25, 0.3) is 0 Å². The molecular weight excluding hydrogens is 210 g/mol. The highest BCUT2D eigenvalue weighted by molar-refractivity contribution is 5.37. The van der Waals surface area contributed by atoms with Gasteiger partial charge < -0.3 is 5.11 Å². The molecule has 17 heavy (non-hydrogen) atoms. The van der Waals surface area contributed by atoms with E-state index in [2.05, 4.69) is 43.9 Å². The maximum absolute atomic E-state index is 9.05. The van der Waals surface area contributed by atoms with Gasteiger partial charge >= 0.3 is 0 Å². The molecule has 1 aromatic rings. The summed E-state index contributed by atoms with van der Waals surface area (Å²) in [6.45, 7) is 9.84. The maximum atomic E-state index is 9.05. The number of hydrogen-bond donors (Lipinski definition) is 1. The minimum atomic E-state index is 0.256. The van der Waals surface area contributed by atoms with Crippen molar-refractivity contribution in [1.82, 2.24) is 4.90 Å². The highest BCUT2D eigenvalue weighted by atomic mass is 16.3. The lowest BCUT2D eigenvalue weighted by Gasteiger charge is -2.33. The van der Waals surface area contributed by atoms with Crippen molar-refractivity contribution in [2.45, 2.75) is 39.2 Å². The number of β-amino-alcohol motifs (C(OH)–C–C–N with tert-alkyl or cyclic N) is 1. The van der Waals surface area contributed by atoms with Crippen LogP contribution in [0.3, 0.4) is 0 Å². The first-order valence-electron chi connectivity index (χ1n) is 6.57. The number of nitrogens with zero attached hydrogens (tertiary/aromatic N) is 1. The molecule has 0 radical (unpaired) electrons. The van der Waals surface area contributed by atoms with Crippen molar-refractivity contribution in [3.05, 3.63) is 34.9 Å². The average Bonchev–Trinajstić information content (AvgIpc) is 2.28. The van der Waals surface area contributed by atoms with Crippen molar-refractivity contribution in [1.29, 1.82) is 0 Å². The monoisotopic (exact) mass is 233 g/mol. The molecule has 2 nitrogen and oxygen atoms in total. The van der Waals surface area contributed by atoms with Crippen LogP contribution in [0.15, 0.2) is 18.2 Å². The van der Waals surface area contributed by atoms with Crippen molar-refractivity contribution in [2.24, 2.45) is 0 Å². The van der Waals surface area contributed by atoms with Gasteiger partial charge in [-0.15, -0.1) is 0 Å². The zero-order valence-corrected chi connectivity index (χ0v) is 11.1. The lowest BCUT2D eigenvalue weighted by atomic mass is 9.88. The van der Waals surface area contributed by atoms with Crippen LogP contribution in [0.4, 0.5) is 0 Å². The van der Waals surface area contributed by atoms with Crippen LogP contribution in [0.5, 0.6) is 0 Å². The Labute approximate surface area is 104 Å². The van der Waals surface area contributed by atoms with Crippen LogP contribution in [0.1, 0.15) is 49.3 Å². The molecule has 1 atom stereocenters. The molecule has 94 valence electrons. The van der Waals surface area contributed by atoms with Crippen molar-refractivity contribution >= 4 is 0 Å². The Morgan fingerprint density at radius 1 is 1.41 bits per heavy atom. The van der Waals surface area contributed by atoms with Crippen LogP contribution < -0.4 is 0 Å². The van der Waals surface area contributed by atoms with E-state index in [1.54, 1.807) is 0 Å². The summed E-state index contributed by atoms with van der Waals surface area (Å²) in [6, 6.07) is 6.91. The van der Waals surface area contributed by atoms with Crippen LogP contribution in [0.25, 0.3) is 0 Å². The van der Waals surface area contributed by atoms with Crippen LogP contribution in [0.2, 0.25) is 0 Å². The van der Waals surface area contributed by atoms with E-state index in [1.165, 1.54) is 16.7 Å². The molecule has 1 N–H and O–H groups in total. The van der Waals surface area contributed by atoms with E-state index < -0.39 is 0 Å². The second-order valence-electron chi connectivity index (χ2n) is 5.47. The van der Waals surface area contributed by atoms with Gasteiger partial charge in [-0.2, -0.15) is 0 Å². The van der Waals surface area contributed by atoms with Gasteiger partial charge in [0.05, 0.1) is 6.61 Å². The zero-order valence-electron chi connectivity index (χ0n) is 11.1. The minimum Gasteiger partial charge on any atom is -0.395 e. The molecule has 0 bridgehead atoms. The summed E-state index contributed by atoms with van der Waals surface area (Å²) in [5.41, 5.74) is 4.36. The van der Waals surface area contributed by atoms with Gasteiger partial charge in [0, 0.05) is 19.6 Å². The topological polar surface area (TPSA) is 23.5 Å². The first kappa shape index (κ1) is 12.6. The zero-order chi connectivity index (χ0) is 12.4. The smallest absolute Gasteiger partial charge is 0.0558 e. The third-order valence-corrected chi connectivity index (χ3v) is 3.71. The molecule has 1 aliphatic heterocycles. The lowest BCUT2D eigenvalue weighted by molar-refractivity contribution is 0.175. The second kappa shape index (κ2) is 5.19. The summed E-state index contributed by atoms with van der Waals surface area (Å²) in [5.74, 6) is 1.16. The molecule has 2 heteroatoms. The van der Waals surface area contributed by atoms with E-state index in [-0.39, 0.29) is 6.61 Å². The van der Waals surface area contributed by atoms with Crippen LogP contribution in [0, 0.1) is 0 Å². The molecule has 0 saturated heterocycles. The normalized spacial score (nSPS) is 20.6. The molecule has 1 aromatic carbocycles. The summed E-state index contributed by atoms with van der Waals surface area (Å²) < 4.78 is 0. The number of hydrogen-bond acceptors (Lipinski definition) is 2. The molecule has 0 aromatic heterocycles. The number of rotatable bonds is 3. The van der Waals surface area contributed by atoms with E-state index in [9.17, 15) is 0 Å². The van der Waals surface area contributed by atoms with Crippen molar-refractivity contribution in [2.75, 3.05) is 19.7 Å². The van der Waals surface area contributed by atoms with Crippen LogP contribution in [-0.4, -0.2) is 29.7 Å². The molecular formula is C15H23NO. The summed E-state index contributed by atoms with van der Waals surface area (Å²) in [7, 11) is 0. The van der Waals surface area contributed by atoms with E-state index >= 15 is 0 Å². The molecule has 0 amide bonds. The Hall–Kier alpha value is -0.860. The van der Waals surface area contributed by atoms with E-state index in [4.69, 9.17) is 5.11 Å². The molecule has 0 aliphatic carbocycles. The second-order valence-corrected chi connectivity index (χ2v) is 5.47. The number of fused-ring (bicyclic) bond motifs is 1. The van der Waals surface area contributed by atoms with Crippen molar-refractivity contribution in [3.63, 3.8) is 0 Å². The molecule has 1 heterocycles. The predicted octanol–water partition coefficient (Wildman–Crippen LogP) is 2.72. The largest absolute Gasteiger partial charge is 0.395 e. The molecule has 0 spiro atoms. The fourth-order valence-electron chi connectivity index (χ4n) is 2.71. The first-order chi connectivity index (χ1) is 8.11. The standard InChI is InChI=1S/C15H23NO/c1-11(2)13-4-5-15-12(3)9-16(6-7-17)10-14(15)8-13/h4-5,8,11-12,17H,6-7,9-10H2,1-3H3. The fourth-order valence-corrected chi connectivity index (χ4v) is 2.71. The number of benzene rings is 1. The van der Waals surface area contributed by atoms with Gasteiger partial charge in [0.15, 0.2) is 0 Å². The van der Waals surface area contributed by atoms with E-state index in [1.807, 2.05) is 0 Å². The highest BCUT2D eigenvalue weighted by Gasteiger charge is 2.22. The van der Waals surface area contributed by atoms with Crippen LogP contribution in [-0.2, 0) is 6.54 Å². The van der Waals surface area contributed by atoms with Gasteiger partial charge in [-0.25, -0.2) is 0 Å². The van der Waals surface area contributed by atoms with Crippen molar-refractivity contribution in [3.8, 4) is 0 Å². The Morgan fingerprint density at radius 3 is 2.82 bits per heavy atom. The Kier molecular flexibility index (Phi) is 3.85. The Balaban J connectivity index is 2.27. The van der Waals surface area contributed by atoms with Gasteiger partial charge in [0.2, 0.25) is 0 Å². The van der Waals surface area contributed by atoms with Crippen molar-refractivity contribution < 1.29 is 5.11 Å².